The molecule has 3 aromatic rings. The first-order valence-corrected chi connectivity index (χ1v) is 9.75. The van der Waals surface area contributed by atoms with Gasteiger partial charge in [-0.1, -0.05) is 18.2 Å². The fourth-order valence-electron chi connectivity index (χ4n) is 2.42. The Bertz CT molecular complexity index is 866. The van der Waals surface area contributed by atoms with Crippen LogP contribution in [0.5, 0.6) is 17.2 Å². The van der Waals surface area contributed by atoms with Crippen molar-refractivity contribution in [3.63, 3.8) is 0 Å². The molecule has 0 spiro atoms. The predicted octanol–water partition coefficient (Wildman–Crippen LogP) is 3.47. The van der Waals surface area contributed by atoms with E-state index in [0.29, 0.717) is 19.8 Å². The van der Waals surface area contributed by atoms with E-state index in [1.165, 1.54) is 11.3 Å². The molecule has 0 aliphatic heterocycles. The van der Waals surface area contributed by atoms with Crippen molar-refractivity contribution in [2.24, 2.45) is 0 Å². The second-order valence-corrected chi connectivity index (χ2v) is 6.83. The van der Waals surface area contributed by atoms with Gasteiger partial charge in [0.05, 0.1) is 25.8 Å². The summed E-state index contributed by atoms with van der Waals surface area (Å²) in [5.74, 6) is 2.23. The van der Waals surface area contributed by atoms with Gasteiger partial charge >= 0.3 is 0 Å². The number of aromatic nitrogens is 1. The van der Waals surface area contributed by atoms with Crippen LogP contribution in [0.1, 0.15) is 10.7 Å². The van der Waals surface area contributed by atoms with Crippen molar-refractivity contribution in [2.75, 3.05) is 20.3 Å². The Hall–Kier alpha value is -3.06. The third-order valence-corrected chi connectivity index (χ3v) is 4.67. The Balaban J connectivity index is 1.34. The van der Waals surface area contributed by atoms with Gasteiger partial charge in [-0.25, -0.2) is 4.98 Å². The van der Waals surface area contributed by atoms with Gasteiger partial charge in [-0.3, -0.25) is 4.79 Å². The highest BCUT2D eigenvalue weighted by atomic mass is 32.1. The number of para-hydroxylation sites is 1. The molecule has 0 saturated heterocycles. The second-order valence-electron chi connectivity index (χ2n) is 5.89. The number of amides is 1. The third kappa shape index (κ3) is 6.28. The summed E-state index contributed by atoms with van der Waals surface area (Å²) in [6, 6.07) is 16.9. The van der Waals surface area contributed by atoms with Crippen molar-refractivity contribution in [3.05, 3.63) is 70.7 Å². The Morgan fingerprint density at radius 1 is 1.00 bits per heavy atom. The maximum absolute atomic E-state index is 12.0. The van der Waals surface area contributed by atoms with Gasteiger partial charge in [0.15, 0.2) is 0 Å². The van der Waals surface area contributed by atoms with Gasteiger partial charge in [-0.15, -0.1) is 11.3 Å². The average Bonchev–Trinajstić information content (AvgIpc) is 3.18. The lowest BCUT2D eigenvalue weighted by Gasteiger charge is -2.08. The quantitative estimate of drug-likeness (QED) is 0.530. The molecule has 6 nitrogen and oxygen atoms in total. The maximum Gasteiger partial charge on any atom is 0.226 e. The van der Waals surface area contributed by atoms with Gasteiger partial charge < -0.3 is 19.5 Å². The Kier molecular flexibility index (Phi) is 7.26. The lowest BCUT2D eigenvalue weighted by Crippen LogP contribution is -2.29. The van der Waals surface area contributed by atoms with Crippen LogP contribution in [0.15, 0.2) is 60.0 Å². The SMILES string of the molecule is COc1ccc(OCCNC(=O)Cc2csc(COc3ccccc3)n2)cc1. The summed E-state index contributed by atoms with van der Waals surface area (Å²) in [5, 5.41) is 5.56. The highest BCUT2D eigenvalue weighted by Gasteiger charge is 2.08. The molecular formula is C21H22N2O4S. The van der Waals surface area contributed by atoms with Gasteiger partial charge in [0, 0.05) is 5.38 Å². The van der Waals surface area contributed by atoms with Gasteiger partial charge in [0.25, 0.3) is 0 Å². The molecule has 0 radical (unpaired) electrons. The van der Waals surface area contributed by atoms with Crippen LogP contribution >= 0.6 is 11.3 Å². The van der Waals surface area contributed by atoms with E-state index in [1.54, 1.807) is 7.11 Å². The average molecular weight is 398 g/mol. The highest BCUT2D eigenvalue weighted by molar-refractivity contribution is 7.09. The first kappa shape index (κ1) is 19.7. The van der Waals surface area contributed by atoms with Gasteiger partial charge in [-0.2, -0.15) is 0 Å². The Labute approximate surface area is 168 Å². The molecule has 0 bridgehead atoms. The number of nitrogens with zero attached hydrogens (tertiary/aromatic N) is 1. The van der Waals surface area contributed by atoms with Gasteiger partial charge in [-0.05, 0) is 36.4 Å². The number of hydrogen-bond acceptors (Lipinski definition) is 6. The van der Waals surface area contributed by atoms with Crippen LogP contribution in [0.3, 0.4) is 0 Å². The molecule has 1 heterocycles. The molecule has 28 heavy (non-hydrogen) atoms. The number of hydrogen-bond donors (Lipinski definition) is 1. The minimum Gasteiger partial charge on any atom is -0.497 e. The van der Waals surface area contributed by atoms with E-state index in [4.69, 9.17) is 14.2 Å². The monoisotopic (exact) mass is 398 g/mol. The largest absolute Gasteiger partial charge is 0.497 e. The number of carbonyl (C=O) groups excluding carboxylic acids is 1. The minimum absolute atomic E-state index is 0.0841. The van der Waals surface area contributed by atoms with E-state index in [-0.39, 0.29) is 12.3 Å². The number of rotatable bonds is 10. The summed E-state index contributed by atoms with van der Waals surface area (Å²) < 4.78 is 16.4. The van der Waals surface area contributed by atoms with E-state index in [0.717, 1.165) is 28.0 Å². The standard InChI is InChI=1S/C21H22N2O4S/c1-25-17-7-9-19(10-8-17)26-12-11-22-20(24)13-16-15-28-21(23-16)14-27-18-5-3-2-4-6-18/h2-10,15H,11-14H2,1H3,(H,22,24). The van der Waals surface area contributed by atoms with E-state index < -0.39 is 0 Å². The molecule has 0 aliphatic carbocycles. The van der Waals surface area contributed by atoms with Crippen LogP contribution in [0.2, 0.25) is 0 Å². The molecule has 1 N–H and O–H groups in total. The summed E-state index contributed by atoms with van der Waals surface area (Å²) in [5.41, 5.74) is 0.741. The number of ether oxygens (including phenoxy) is 3. The smallest absolute Gasteiger partial charge is 0.226 e. The molecule has 0 unspecified atom stereocenters. The molecule has 0 saturated carbocycles. The summed E-state index contributed by atoms with van der Waals surface area (Å²) in [4.78, 5) is 16.5. The lowest BCUT2D eigenvalue weighted by atomic mass is 10.3. The maximum atomic E-state index is 12.0. The van der Waals surface area contributed by atoms with Crippen molar-refractivity contribution >= 4 is 17.2 Å². The third-order valence-electron chi connectivity index (χ3n) is 3.80. The molecular weight excluding hydrogens is 376 g/mol. The minimum atomic E-state index is -0.0841. The Morgan fingerprint density at radius 3 is 2.46 bits per heavy atom. The summed E-state index contributed by atoms with van der Waals surface area (Å²) >= 11 is 1.49. The number of carbonyl (C=O) groups is 1. The molecule has 1 amide bonds. The molecule has 7 heteroatoms. The number of benzene rings is 2. The topological polar surface area (TPSA) is 69.7 Å². The van der Waals surface area contributed by atoms with Crippen molar-refractivity contribution in [3.8, 4) is 17.2 Å². The van der Waals surface area contributed by atoms with Crippen molar-refractivity contribution in [1.29, 1.82) is 0 Å². The second kappa shape index (κ2) is 10.3. The first-order valence-electron chi connectivity index (χ1n) is 8.87. The molecule has 0 fully saturated rings. The van der Waals surface area contributed by atoms with Crippen molar-refractivity contribution < 1.29 is 19.0 Å². The number of nitrogens with one attached hydrogen (secondary N) is 1. The first-order chi connectivity index (χ1) is 13.7. The zero-order valence-corrected chi connectivity index (χ0v) is 16.4. The van der Waals surface area contributed by atoms with E-state index in [9.17, 15) is 4.79 Å². The molecule has 3 rings (SSSR count). The lowest BCUT2D eigenvalue weighted by molar-refractivity contribution is -0.120. The van der Waals surface area contributed by atoms with Crippen LogP contribution < -0.4 is 19.5 Å². The zero-order chi connectivity index (χ0) is 19.6. The number of methoxy groups -OCH3 is 1. The Morgan fingerprint density at radius 2 is 1.71 bits per heavy atom. The van der Waals surface area contributed by atoms with E-state index in [1.807, 2.05) is 60.0 Å². The molecule has 2 aromatic carbocycles. The summed E-state index contributed by atoms with van der Waals surface area (Å²) in [6.45, 7) is 1.22. The molecule has 1 aromatic heterocycles. The zero-order valence-electron chi connectivity index (χ0n) is 15.6. The highest BCUT2D eigenvalue weighted by Crippen LogP contribution is 2.17. The van der Waals surface area contributed by atoms with E-state index >= 15 is 0 Å². The summed E-state index contributed by atoms with van der Waals surface area (Å²) in [6.07, 6.45) is 0.240. The van der Waals surface area contributed by atoms with Gasteiger partial charge in [0.1, 0.15) is 35.5 Å². The predicted molar refractivity (Wildman–Crippen MR) is 108 cm³/mol. The van der Waals surface area contributed by atoms with Crippen LogP contribution in [-0.2, 0) is 17.8 Å². The normalized spacial score (nSPS) is 10.3. The summed E-state index contributed by atoms with van der Waals surface area (Å²) in [7, 11) is 1.62. The van der Waals surface area contributed by atoms with Crippen LogP contribution in [-0.4, -0.2) is 31.2 Å². The fourth-order valence-corrected chi connectivity index (χ4v) is 3.12. The van der Waals surface area contributed by atoms with E-state index in [2.05, 4.69) is 10.3 Å². The fraction of sp³-hybridized carbons (Fsp3) is 0.238. The number of thiazole rings is 1. The van der Waals surface area contributed by atoms with Crippen molar-refractivity contribution in [2.45, 2.75) is 13.0 Å². The van der Waals surface area contributed by atoms with Crippen LogP contribution in [0.25, 0.3) is 0 Å². The molecule has 0 aliphatic rings. The van der Waals surface area contributed by atoms with Gasteiger partial charge in [0.2, 0.25) is 5.91 Å². The van der Waals surface area contributed by atoms with Crippen LogP contribution in [0, 0.1) is 0 Å². The molecule has 0 atom stereocenters. The van der Waals surface area contributed by atoms with Crippen molar-refractivity contribution in [1.82, 2.24) is 10.3 Å². The molecule has 146 valence electrons. The van der Waals surface area contributed by atoms with Crippen LogP contribution in [0.4, 0.5) is 0 Å².